The van der Waals surface area contributed by atoms with E-state index in [2.05, 4.69) is 33.9 Å². The predicted molar refractivity (Wildman–Crippen MR) is 111 cm³/mol. The van der Waals surface area contributed by atoms with E-state index < -0.39 is 26.1 Å². The van der Waals surface area contributed by atoms with Gasteiger partial charge in [-0.2, -0.15) is 0 Å². The average molecular weight is 437 g/mol. The molecular formula is C20H40O8Si. The van der Waals surface area contributed by atoms with Gasteiger partial charge in [-0.25, -0.2) is 0 Å². The molecule has 0 aromatic carbocycles. The Morgan fingerprint density at radius 3 is 2.38 bits per heavy atom. The molecule has 0 aromatic rings. The molecule has 1 aliphatic heterocycles. The average Bonchev–Trinajstić information content (AvgIpc) is 2.99. The number of methoxy groups -OCH3 is 1. The van der Waals surface area contributed by atoms with Crippen LogP contribution in [0.5, 0.6) is 0 Å². The van der Waals surface area contributed by atoms with Crippen LogP contribution in [0.25, 0.3) is 0 Å². The highest BCUT2D eigenvalue weighted by Crippen LogP contribution is 2.41. The first kappa shape index (κ1) is 26.5. The van der Waals surface area contributed by atoms with Gasteiger partial charge >= 0.3 is 5.97 Å². The second-order valence-corrected chi connectivity index (χ2v) is 14.2. The smallest absolute Gasteiger partial charge is 0.306 e. The number of hydrogen-bond donors (Lipinski definition) is 2. The Morgan fingerprint density at radius 1 is 1.21 bits per heavy atom. The van der Waals surface area contributed by atoms with E-state index in [1.807, 2.05) is 0 Å². The summed E-state index contributed by atoms with van der Waals surface area (Å²) in [5, 5.41) is 19.7. The molecule has 1 rings (SSSR count). The summed E-state index contributed by atoms with van der Waals surface area (Å²) in [7, 11) is -0.625. The minimum absolute atomic E-state index is 0.0126. The summed E-state index contributed by atoms with van der Waals surface area (Å²) in [5.41, 5.74) is -1.03. The molecule has 29 heavy (non-hydrogen) atoms. The van der Waals surface area contributed by atoms with E-state index in [0.717, 1.165) is 0 Å². The van der Waals surface area contributed by atoms with Crippen LogP contribution in [0.4, 0.5) is 0 Å². The third-order valence-corrected chi connectivity index (χ3v) is 10.6. The van der Waals surface area contributed by atoms with E-state index in [1.54, 1.807) is 14.0 Å². The van der Waals surface area contributed by atoms with Crippen LogP contribution in [-0.2, 0) is 28.2 Å². The molecule has 0 aliphatic carbocycles. The van der Waals surface area contributed by atoms with Gasteiger partial charge in [0.2, 0.25) is 0 Å². The lowest BCUT2D eigenvalue weighted by molar-refractivity contribution is -0.194. The number of ether oxygens (including phenoxy) is 4. The normalized spacial score (nSPS) is 23.7. The number of cyclic esters (lactones) is 1. The SMILES string of the molecule is COCCOCOC(C)(CO)C(CC1CC(=O)OC1CO)O[Si](C)(C)C(C)(C)C. The number of esters is 1. The number of carbonyl (C=O) groups is 1. The maximum absolute atomic E-state index is 11.8. The monoisotopic (exact) mass is 436 g/mol. The van der Waals surface area contributed by atoms with Crippen LogP contribution in [0.1, 0.15) is 40.5 Å². The Bertz CT molecular complexity index is 507. The zero-order valence-corrected chi connectivity index (χ0v) is 20.0. The lowest BCUT2D eigenvalue weighted by Gasteiger charge is -2.45. The van der Waals surface area contributed by atoms with Crippen LogP contribution < -0.4 is 0 Å². The number of aliphatic hydroxyl groups is 2. The van der Waals surface area contributed by atoms with Crippen molar-refractivity contribution in [3.8, 4) is 0 Å². The summed E-state index contributed by atoms with van der Waals surface area (Å²) in [5.74, 6) is -0.527. The summed E-state index contributed by atoms with van der Waals surface area (Å²) >= 11 is 0. The van der Waals surface area contributed by atoms with E-state index in [1.165, 1.54) is 0 Å². The maximum Gasteiger partial charge on any atom is 0.306 e. The second kappa shape index (κ2) is 11.2. The Hall–Kier alpha value is -0.553. The molecule has 4 unspecified atom stereocenters. The zero-order chi connectivity index (χ0) is 22.3. The number of hydrogen-bond acceptors (Lipinski definition) is 8. The van der Waals surface area contributed by atoms with E-state index in [9.17, 15) is 15.0 Å². The van der Waals surface area contributed by atoms with Crippen molar-refractivity contribution in [2.24, 2.45) is 5.92 Å². The minimum atomic E-state index is -2.22. The molecule has 2 N–H and O–H groups in total. The number of rotatable bonds is 13. The van der Waals surface area contributed by atoms with Gasteiger partial charge in [-0.1, -0.05) is 20.8 Å². The fourth-order valence-corrected chi connectivity index (χ4v) is 4.34. The van der Waals surface area contributed by atoms with Gasteiger partial charge in [-0.3, -0.25) is 4.79 Å². The summed E-state index contributed by atoms with van der Waals surface area (Å²) in [6.07, 6.45) is -0.408. The van der Waals surface area contributed by atoms with Gasteiger partial charge in [0.25, 0.3) is 0 Å². The molecule has 1 heterocycles. The van der Waals surface area contributed by atoms with Gasteiger partial charge in [0.1, 0.15) is 18.5 Å². The fraction of sp³-hybridized carbons (Fsp3) is 0.950. The highest BCUT2D eigenvalue weighted by Gasteiger charge is 2.47. The van der Waals surface area contributed by atoms with Gasteiger partial charge < -0.3 is 33.6 Å². The van der Waals surface area contributed by atoms with Crippen molar-refractivity contribution in [3.63, 3.8) is 0 Å². The highest BCUT2D eigenvalue weighted by atomic mass is 28.4. The maximum atomic E-state index is 11.8. The zero-order valence-electron chi connectivity index (χ0n) is 19.0. The van der Waals surface area contributed by atoms with Crippen molar-refractivity contribution in [1.82, 2.24) is 0 Å². The van der Waals surface area contributed by atoms with Crippen molar-refractivity contribution >= 4 is 14.3 Å². The third kappa shape index (κ3) is 7.57. The molecule has 1 fully saturated rings. The molecule has 0 spiro atoms. The fourth-order valence-electron chi connectivity index (χ4n) is 2.93. The van der Waals surface area contributed by atoms with E-state index in [-0.39, 0.29) is 43.4 Å². The molecule has 4 atom stereocenters. The molecule has 0 radical (unpaired) electrons. The van der Waals surface area contributed by atoms with Gasteiger partial charge in [0.15, 0.2) is 8.32 Å². The molecule has 0 saturated carbocycles. The van der Waals surface area contributed by atoms with Crippen molar-refractivity contribution in [1.29, 1.82) is 0 Å². The summed E-state index contributed by atoms with van der Waals surface area (Å²) in [4.78, 5) is 11.8. The number of carbonyl (C=O) groups excluding carboxylic acids is 1. The molecule has 172 valence electrons. The van der Waals surface area contributed by atoms with Crippen molar-refractivity contribution in [2.45, 2.75) is 76.5 Å². The Morgan fingerprint density at radius 2 is 1.86 bits per heavy atom. The molecular weight excluding hydrogens is 396 g/mol. The third-order valence-electron chi connectivity index (χ3n) is 6.08. The first-order valence-electron chi connectivity index (χ1n) is 10.2. The minimum Gasteiger partial charge on any atom is -0.460 e. The second-order valence-electron chi connectivity index (χ2n) is 9.41. The number of aliphatic hydroxyl groups excluding tert-OH is 2. The van der Waals surface area contributed by atoms with Gasteiger partial charge in [0, 0.05) is 13.0 Å². The standard InChI is InChI=1S/C20H40O8Si/c1-19(2,3)29(6,7)28-17(10-15-11-18(23)27-16(15)12-21)20(4,13-22)26-14-25-9-8-24-5/h15-17,21-22H,8-14H2,1-7H3. The summed E-state index contributed by atoms with van der Waals surface area (Å²) in [6.45, 7) is 12.8. The Kier molecular flexibility index (Phi) is 10.2. The van der Waals surface area contributed by atoms with Crippen molar-refractivity contribution in [2.75, 3.05) is 40.3 Å². The van der Waals surface area contributed by atoms with E-state index in [0.29, 0.717) is 19.6 Å². The molecule has 9 heteroatoms. The van der Waals surface area contributed by atoms with Crippen LogP contribution in [0, 0.1) is 5.92 Å². The van der Waals surface area contributed by atoms with Gasteiger partial charge in [-0.15, -0.1) is 0 Å². The molecule has 0 aromatic heterocycles. The molecule has 0 amide bonds. The first-order chi connectivity index (χ1) is 13.4. The molecule has 1 saturated heterocycles. The Balaban J connectivity index is 3.01. The lowest BCUT2D eigenvalue weighted by atomic mass is 9.87. The van der Waals surface area contributed by atoms with Gasteiger partial charge in [-0.05, 0) is 31.5 Å². The van der Waals surface area contributed by atoms with Crippen molar-refractivity contribution in [3.05, 3.63) is 0 Å². The first-order valence-corrected chi connectivity index (χ1v) is 13.1. The topological polar surface area (TPSA) is 104 Å². The van der Waals surface area contributed by atoms with Crippen LogP contribution in [0.15, 0.2) is 0 Å². The van der Waals surface area contributed by atoms with Crippen LogP contribution in [-0.4, -0.2) is 82.6 Å². The lowest BCUT2D eigenvalue weighted by Crippen LogP contribution is -2.55. The largest absolute Gasteiger partial charge is 0.460 e. The molecule has 1 aliphatic rings. The van der Waals surface area contributed by atoms with Crippen molar-refractivity contribution < 1.29 is 38.4 Å². The van der Waals surface area contributed by atoms with E-state index >= 15 is 0 Å². The summed E-state index contributed by atoms with van der Waals surface area (Å²) < 4.78 is 28.2. The molecule has 8 nitrogen and oxygen atoms in total. The van der Waals surface area contributed by atoms with E-state index in [4.69, 9.17) is 23.4 Å². The van der Waals surface area contributed by atoms with Crippen LogP contribution >= 0.6 is 0 Å². The summed E-state index contributed by atoms with van der Waals surface area (Å²) in [6, 6.07) is 0. The van der Waals surface area contributed by atoms with Crippen LogP contribution in [0.3, 0.4) is 0 Å². The molecule has 0 bridgehead atoms. The van der Waals surface area contributed by atoms with Crippen LogP contribution in [0.2, 0.25) is 18.1 Å². The highest BCUT2D eigenvalue weighted by molar-refractivity contribution is 6.74. The quantitative estimate of drug-likeness (QED) is 0.196. The predicted octanol–water partition coefficient (Wildman–Crippen LogP) is 2.08. The van der Waals surface area contributed by atoms with Gasteiger partial charge in [0.05, 0.1) is 39.0 Å². The Labute approximate surface area is 175 Å².